The van der Waals surface area contributed by atoms with Crippen LogP contribution < -0.4 is 0 Å². The van der Waals surface area contributed by atoms with Gasteiger partial charge in [0, 0.05) is 12.6 Å². The molecule has 1 rings (SSSR count). The van der Waals surface area contributed by atoms with Crippen molar-refractivity contribution >= 4 is 13.0 Å². The van der Waals surface area contributed by atoms with E-state index in [0.29, 0.717) is 13.0 Å². The molecule has 0 aromatic heterocycles. The summed E-state index contributed by atoms with van der Waals surface area (Å²) in [5, 5.41) is 10.9. The van der Waals surface area contributed by atoms with Crippen molar-refractivity contribution < 1.29 is 19.3 Å². The van der Waals surface area contributed by atoms with Gasteiger partial charge in [0.2, 0.25) is 5.91 Å². The van der Waals surface area contributed by atoms with Crippen molar-refractivity contribution in [2.24, 2.45) is 5.92 Å². The number of hydroxylamine groups is 2. The van der Waals surface area contributed by atoms with Crippen LogP contribution in [0.5, 0.6) is 0 Å². The van der Waals surface area contributed by atoms with Crippen molar-refractivity contribution in [1.82, 2.24) is 5.06 Å². The van der Waals surface area contributed by atoms with Crippen LogP contribution in [0.2, 0.25) is 0 Å². The number of amides is 1. The van der Waals surface area contributed by atoms with Crippen molar-refractivity contribution in [1.29, 1.82) is 0 Å². The van der Waals surface area contributed by atoms with Gasteiger partial charge in [-0.1, -0.05) is 6.92 Å². The summed E-state index contributed by atoms with van der Waals surface area (Å²) in [5.74, 6) is 0.115. The van der Waals surface area contributed by atoms with Gasteiger partial charge in [-0.3, -0.25) is 9.63 Å². The third kappa shape index (κ3) is 4.64. The van der Waals surface area contributed by atoms with Gasteiger partial charge in [-0.2, -0.15) is 0 Å². The minimum atomic E-state index is -2.26. The molecular formula is C10H20NO4P. The number of β-amino-alcohol motifs (C(OH)–C–C–N with tert-alkyl or cyclic N) is 1. The first-order chi connectivity index (χ1) is 7.28. The standard InChI is InChI=1S/C10H20NO4P/c1-8-4-10(13)11(15-6-8)5-9(12)7-16(2,3)14/h8-9,12H,4-7H2,1-3H3. The van der Waals surface area contributed by atoms with E-state index in [0.717, 1.165) is 0 Å². The van der Waals surface area contributed by atoms with Crippen LogP contribution in [0.25, 0.3) is 0 Å². The van der Waals surface area contributed by atoms with Crippen molar-refractivity contribution in [3.8, 4) is 0 Å². The van der Waals surface area contributed by atoms with E-state index in [9.17, 15) is 14.5 Å². The fraction of sp³-hybridized carbons (Fsp3) is 0.900. The Balaban J connectivity index is 2.42. The van der Waals surface area contributed by atoms with Gasteiger partial charge in [0.05, 0.1) is 26.4 Å². The minimum absolute atomic E-state index is 0.108. The van der Waals surface area contributed by atoms with Crippen LogP contribution in [-0.4, -0.2) is 54.8 Å². The molecule has 16 heavy (non-hydrogen) atoms. The Morgan fingerprint density at radius 2 is 2.25 bits per heavy atom. The van der Waals surface area contributed by atoms with E-state index in [2.05, 4.69) is 0 Å². The van der Waals surface area contributed by atoms with Crippen molar-refractivity contribution in [2.75, 3.05) is 32.6 Å². The van der Waals surface area contributed by atoms with Gasteiger partial charge in [-0.05, 0) is 19.2 Å². The molecule has 0 radical (unpaired) electrons. The molecule has 1 aliphatic rings. The Bertz CT molecular complexity index is 301. The van der Waals surface area contributed by atoms with Gasteiger partial charge in [-0.25, -0.2) is 5.06 Å². The molecule has 1 heterocycles. The zero-order valence-corrected chi connectivity index (χ0v) is 10.9. The molecule has 1 N–H and O–H groups in total. The van der Waals surface area contributed by atoms with Crippen LogP contribution in [0.4, 0.5) is 0 Å². The van der Waals surface area contributed by atoms with Crippen LogP contribution in [0.3, 0.4) is 0 Å². The Labute approximate surface area is 96.1 Å². The molecule has 1 fully saturated rings. The van der Waals surface area contributed by atoms with Crippen LogP contribution in [0.1, 0.15) is 13.3 Å². The number of carbonyl (C=O) groups excluding carboxylic acids is 1. The van der Waals surface area contributed by atoms with Gasteiger partial charge < -0.3 is 9.67 Å². The van der Waals surface area contributed by atoms with Crippen LogP contribution in [-0.2, 0) is 14.2 Å². The molecule has 0 aromatic carbocycles. The second-order valence-corrected chi connectivity index (χ2v) is 8.48. The van der Waals surface area contributed by atoms with Crippen molar-refractivity contribution in [3.05, 3.63) is 0 Å². The Morgan fingerprint density at radius 3 is 2.75 bits per heavy atom. The maximum atomic E-state index is 11.5. The largest absolute Gasteiger partial charge is 0.391 e. The summed E-state index contributed by atoms with van der Waals surface area (Å²) in [4.78, 5) is 16.7. The molecule has 1 amide bonds. The predicted octanol–water partition coefficient (Wildman–Crippen LogP) is 0.770. The highest BCUT2D eigenvalue weighted by Crippen LogP contribution is 2.36. The molecule has 0 bridgehead atoms. The molecule has 94 valence electrons. The summed E-state index contributed by atoms with van der Waals surface area (Å²) in [5.41, 5.74) is 0. The van der Waals surface area contributed by atoms with Crippen molar-refractivity contribution in [2.45, 2.75) is 19.4 Å². The van der Waals surface area contributed by atoms with Crippen LogP contribution in [0, 0.1) is 5.92 Å². The van der Waals surface area contributed by atoms with E-state index in [1.54, 1.807) is 13.3 Å². The number of hydrogen-bond acceptors (Lipinski definition) is 4. The molecule has 1 saturated heterocycles. The molecule has 0 saturated carbocycles. The van der Waals surface area contributed by atoms with Gasteiger partial charge in [0.1, 0.15) is 0 Å². The first kappa shape index (κ1) is 13.7. The normalized spacial score (nSPS) is 24.6. The summed E-state index contributed by atoms with van der Waals surface area (Å²) in [6, 6.07) is 0. The van der Waals surface area contributed by atoms with Crippen LogP contribution in [0.15, 0.2) is 0 Å². The summed E-state index contributed by atoms with van der Waals surface area (Å²) < 4.78 is 11.5. The fourth-order valence-corrected chi connectivity index (χ4v) is 2.79. The third-order valence-electron chi connectivity index (χ3n) is 2.34. The highest BCUT2D eigenvalue weighted by atomic mass is 31.2. The lowest BCUT2D eigenvalue weighted by atomic mass is 10.1. The molecular weight excluding hydrogens is 229 g/mol. The van der Waals surface area contributed by atoms with E-state index in [1.165, 1.54) is 5.06 Å². The molecule has 1 aliphatic heterocycles. The minimum Gasteiger partial charge on any atom is -0.391 e. The Hall–Kier alpha value is -0.380. The number of rotatable bonds is 4. The lowest BCUT2D eigenvalue weighted by Crippen LogP contribution is -2.43. The SMILES string of the molecule is CC1CON(CC(O)CP(C)(C)=O)C(=O)C1. The van der Waals surface area contributed by atoms with Gasteiger partial charge >= 0.3 is 0 Å². The zero-order chi connectivity index (χ0) is 12.3. The van der Waals surface area contributed by atoms with Gasteiger partial charge in [0.15, 0.2) is 0 Å². The second-order valence-electron chi connectivity index (χ2n) is 4.97. The molecule has 0 spiro atoms. The Morgan fingerprint density at radius 1 is 1.62 bits per heavy atom. The summed E-state index contributed by atoms with van der Waals surface area (Å²) in [6.45, 7) is 5.79. The van der Waals surface area contributed by atoms with E-state index in [4.69, 9.17) is 4.84 Å². The average molecular weight is 249 g/mol. The first-order valence-corrected chi connectivity index (χ1v) is 8.22. The number of aliphatic hydroxyl groups is 1. The third-order valence-corrected chi connectivity index (χ3v) is 3.64. The summed E-state index contributed by atoms with van der Waals surface area (Å²) in [6.07, 6.45) is -0.114. The maximum Gasteiger partial charge on any atom is 0.246 e. The Kier molecular flexibility index (Phi) is 4.53. The molecule has 5 nitrogen and oxygen atoms in total. The fourth-order valence-electron chi connectivity index (χ4n) is 1.66. The lowest BCUT2D eigenvalue weighted by molar-refractivity contribution is -0.211. The highest BCUT2D eigenvalue weighted by Gasteiger charge is 2.27. The second kappa shape index (κ2) is 5.30. The zero-order valence-electron chi connectivity index (χ0n) is 10.0. The topological polar surface area (TPSA) is 66.8 Å². The summed E-state index contributed by atoms with van der Waals surface area (Å²) in [7, 11) is -2.26. The average Bonchev–Trinajstić information content (AvgIpc) is 2.06. The van der Waals surface area contributed by atoms with E-state index < -0.39 is 13.2 Å². The van der Waals surface area contributed by atoms with E-state index in [1.807, 2.05) is 6.92 Å². The van der Waals surface area contributed by atoms with E-state index >= 15 is 0 Å². The van der Waals surface area contributed by atoms with E-state index in [-0.39, 0.29) is 24.5 Å². The maximum absolute atomic E-state index is 11.5. The van der Waals surface area contributed by atoms with Gasteiger partial charge in [0.25, 0.3) is 0 Å². The molecule has 0 aliphatic carbocycles. The molecule has 0 aromatic rings. The number of aliphatic hydroxyl groups excluding tert-OH is 1. The van der Waals surface area contributed by atoms with Crippen LogP contribution >= 0.6 is 7.14 Å². The predicted molar refractivity (Wildman–Crippen MR) is 61.8 cm³/mol. The summed E-state index contributed by atoms with van der Waals surface area (Å²) >= 11 is 0. The monoisotopic (exact) mass is 249 g/mol. The highest BCUT2D eigenvalue weighted by molar-refractivity contribution is 7.62. The number of hydrogen-bond donors (Lipinski definition) is 1. The smallest absolute Gasteiger partial charge is 0.246 e. The molecule has 6 heteroatoms. The lowest BCUT2D eigenvalue weighted by Gasteiger charge is -2.31. The van der Waals surface area contributed by atoms with Crippen molar-refractivity contribution in [3.63, 3.8) is 0 Å². The quantitative estimate of drug-likeness (QED) is 0.747. The molecule has 2 atom stereocenters. The number of nitrogens with zero attached hydrogens (tertiary/aromatic N) is 1. The first-order valence-electron chi connectivity index (χ1n) is 5.43. The number of carbonyl (C=O) groups is 1. The van der Waals surface area contributed by atoms with Gasteiger partial charge in [-0.15, -0.1) is 0 Å². The molecule has 2 unspecified atom stereocenters.